The molecule has 1 rings (SSSR count). The molecule has 6 heteroatoms. The van der Waals surface area contributed by atoms with Gasteiger partial charge in [0.2, 0.25) is 0 Å². The van der Waals surface area contributed by atoms with Gasteiger partial charge in [-0.1, -0.05) is 0 Å². The van der Waals surface area contributed by atoms with Gasteiger partial charge >= 0.3 is 6.18 Å². The first kappa shape index (κ1) is 11.7. The van der Waals surface area contributed by atoms with Crippen LogP contribution in [0.25, 0.3) is 0 Å². The highest BCUT2D eigenvalue weighted by atomic mass is 19.4. The Kier molecular flexibility index (Phi) is 3.74. The monoisotopic (exact) mass is 213 g/mol. The Balaban J connectivity index is 2.44. The molecule has 0 aromatic rings. The van der Waals surface area contributed by atoms with Crippen LogP contribution in [0, 0.1) is 0 Å². The lowest BCUT2D eigenvalue weighted by atomic mass is 9.91. The topological polar surface area (TPSA) is 41.5 Å². The average Bonchev–Trinajstić information content (AvgIpc) is 2.15. The van der Waals surface area contributed by atoms with Crippen LogP contribution in [0.1, 0.15) is 12.8 Å². The summed E-state index contributed by atoms with van der Waals surface area (Å²) in [4.78, 5) is 0. The molecule has 0 aromatic carbocycles. The summed E-state index contributed by atoms with van der Waals surface area (Å²) in [5.74, 6) is 0. The molecule has 0 amide bonds. The molecule has 0 spiro atoms. The summed E-state index contributed by atoms with van der Waals surface area (Å²) < 4.78 is 40.9. The third-order valence-corrected chi connectivity index (χ3v) is 2.42. The summed E-state index contributed by atoms with van der Waals surface area (Å²) in [6, 6.07) is 0. The Morgan fingerprint density at radius 2 is 1.86 bits per heavy atom. The SMILES string of the molecule is OCC1(NCC(F)(F)F)CCOCC1. The van der Waals surface area contributed by atoms with Crippen LogP contribution < -0.4 is 5.32 Å². The van der Waals surface area contributed by atoms with E-state index in [0.29, 0.717) is 26.1 Å². The summed E-state index contributed by atoms with van der Waals surface area (Å²) >= 11 is 0. The van der Waals surface area contributed by atoms with E-state index in [2.05, 4.69) is 5.32 Å². The van der Waals surface area contributed by atoms with Crippen molar-refractivity contribution in [1.82, 2.24) is 5.32 Å². The van der Waals surface area contributed by atoms with Crippen LogP contribution in [-0.2, 0) is 4.74 Å². The van der Waals surface area contributed by atoms with E-state index in [1.807, 2.05) is 0 Å². The van der Waals surface area contributed by atoms with Crippen molar-refractivity contribution in [2.24, 2.45) is 0 Å². The van der Waals surface area contributed by atoms with Crippen molar-refractivity contribution in [3.63, 3.8) is 0 Å². The maximum Gasteiger partial charge on any atom is 0.401 e. The molecule has 2 N–H and O–H groups in total. The van der Waals surface area contributed by atoms with Crippen molar-refractivity contribution in [3.05, 3.63) is 0 Å². The lowest BCUT2D eigenvalue weighted by Gasteiger charge is -2.36. The van der Waals surface area contributed by atoms with E-state index in [1.165, 1.54) is 0 Å². The molecule has 14 heavy (non-hydrogen) atoms. The lowest BCUT2D eigenvalue weighted by Crippen LogP contribution is -2.54. The third kappa shape index (κ3) is 3.43. The smallest absolute Gasteiger partial charge is 0.394 e. The maximum absolute atomic E-state index is 11.9. The number of hydrogen-bond donors (Lipinski definition) is 2. The summed E-state index contributed by atoms with van der Waals surface area (Å²) in [6.45, 7) is -0.559. The number of alkyl halides is 3. The van der Waals surface area contributed by atoms with E-state index in [1.54, 1.807) is 0 Å². The van der Waals surface area contributed by atoms with Crippen LogP contribution in [0.3, 0.4) is 0 Å². The zero-order valence-corrected chi connectivity index (χ0v) is 7.73. The molecule has 3 nitrogen and oxygen atoms in total. The van der Waals surface area contributed by atoms with Crippen molar-refractivity contribution < 1.29 is 23.0 Å². The molecule has 0 radical (unpaired) electrons. The second-order valence-corrected chi connectivity index (χ2v) is 3.52. The van der Waals surface area contributed by atoms with Crippen molar-refractivity contribution in [3.8, 4) is 0 Å². The van der Waals surface area contributed by atoms with E-state index >= 15 is 0 Å². The van der Waals surface area contributed by atoms with E-state index in [4.69, 9.17) is 9.84 Å². The number of aliphatic hydroxyl groups is 1. The molecule has 0 unspecified atom stereocenters. The first-order chi connectivity index (χ1) is 6.47. The summed E-state index contributed by atoms with van der Waals surface area (Å²) in [5, 5.41) is 11.4. The van der Waals surface area contributed by atoms with Crippen LogP contribution in [0.4, 0.5) is 13.2 Å². The highest BCUT2D eigenvalue weighted by Crippen LogP contribution is 2.22. The fourth-order valence-corrected chi connectivity index (χ4v) is 1.44. The Morgan fingerprint density at radius 3 is 2.29 bits per heavy atom. The molecule has 0 saturated carbocycles. The minimum absolute atomic E-state index is 0.285. The summed E-state index contributed by atoms with van der Waals surface area (Å²) in [7, 11) is 0. The zero-order chi connectivity index (χ0) is 10.7. The third-order valence-electron chi connectivity index (χ3n) is 2.42. The van der Waals surface area contributed by atoms with Crippen molar-refractivity contribution in [2.75, 3.05) is 26.4 Å². The van der Waals surface area contributed by atoms with E-state index < -0.39 is 18.3 Å². The predicted octanol–water partition coefficient (Wildman–Crippen LogP) is 0.680. The number of hydrogen-bond acceptors (Lipinski definition) is 3. The molecular weight excluding hydrogens is 199 g/mol. The van der Waals surface area contributed by atoms with Gasteiger partial charge < -0.3 is 15.2 Å². The Bertz CT molecular complexity index is 178. The van der Waals surface area contributed by atoms with Crippen LogP contribution >= 0.6 is 0 Å². The lowest BCUT2D eigenvalue weighted by molar-refractivity contribution is -0.133. The Hall–Kier alpha value is -0.330. The highest BCUT2D eigenvalue weighted by Gasteiger charge is 2.36. The molecule has 1 aliphatic rings. The number of ether oxygens (including phenoxy) is 1. The fourth-order valence-electron chi connectivity index (χ4n) is 1.44. The number of rotatable bonds is 3. The molecule has 0 aliphatic carbocycles. The molecule has 0 atom stereocenters. The van der Waals surface area contributed by atoms with Crippen molar-refractivity contribution >= 4 is 0 Å². The molecular formula is C8H14F3NO2. The van der Waals surface area contributed by atoms with Crippen molar-refractivity contribution in [1.29, 1.82) is 0 Å². The largest absolute Gasteiger partial charge is 0.401 e. The van der Waals surface area contributed by atoms with E-state index in [0.717, 1.165) is 0 Å². The molecule has 0 bridgehead atoms. The summed E-state index contributed by atoms with van der Waals surface area (Å²) in [5.41, 5.74) is -0.812. The highest BCUT2D eigenvalue weighted by molar-refractivity contribution is 4.90. The van der Waals surface area contributed by atoms with Gasteiger partial charge in [0.1, 0.15) is 0 Å². The van der Waals surface area contributed by atoms with Gasteiger partial charge in [-0.25, -0.2) is 0 Å². The van der Waals surface area contributed by atoms with E-state index in [-0.39, 0.29) is 6.61 Å². The van der Waals surface area contributed by atoms with Crippen LogP contribution in [-0.4, -0.2) is 43.2 Å². The standard InChI is InChI=1S/C8H14F3NO2/c9-8(10,11)5-12-7(6-13)1-3-14-4-2-7/h12-13H,1-6H2. The molecule has 1 saturated heterocycles. The van der Waals surface area contributed by atoms with E-state index in [9.17, 15) is 13.2 Å². The molecule has 84 valence electrons. The van der Waals surface area contributed by atoms with Gasteiger partial charge in [0.15, 0.2) is 0 Å². The van der Waals surface area contributed by atoms with Gasteiger partial charge in [-0.05, 0) is 12.8 Å². The van der Waals surface area contributed by atoms with Gasteiger partial charge in [0.05, 0.1) is 13.2 Å². The van der Waals surface area contributed by atoms with Crippen molar-refractivity contribution in [2.45, 2.75) is 24.6 Å². The zero-order valence-electron chi connectivity index (χ0n) is 7.73. The van der Waals surface area contributed by atoms with Crippen LogP contribution in [0.5, 0.6) is 0 Å². The fraction of sp³-hybridized carbons (Fsp3) is 1.00. The quantitative estimate of drug-likeness (QED) is 0.724. The maximum atomic E-state index is 11.9. The molecule has 1 aliphatic heterocycles. The van der Waals surface area contributed by atoms with Crippen LogP contribution in [0.15, 0.2) is 0 Å². The average molecular weight is 213 g/mol. The molecule has 1 fully saturated rings. The first-order valence-electron chi connectivity index (χ1n) is 4.48. The normalized spacial score (nSPS) is 22.3. The van der Waals surface area contributed by atoms with Gasteiger partial charge in [0.25, 0.3) is 0 Å². The predicted molar refractivity (Wildman–Crippen MR) is 43.9 cm³/mol. The second-order valence-electron chi connectivity index (χ2n) is 3.52. The van der Waals surface area contributed by atoms with Gasteiger partial charge in [0, 0.05) is 18.8 Å². The molecule has 1 heterocycles. The number of halogens is 3. The molecule has 0 aromatic heterocycles. The Morgan fingerprint density at radius 1 is 1.29 bits per heavy atom. The van der Waals surface area contributed by atoms with Gasteiger partial charge in [-0.2, -0.15) is 13.2 Å². The number of nitrogens with one attached hydrogen (secondary N) is 1. The summed E-state index contributed by atoms with van der Waals surface area (Å²) in [6.07, 6.45) is -3.40. The van der Waals surface area contributed by atoms with Crippen LogP contribution in [0.2, 0.25) is 0 Å². The minimum Gasteiger partial charge on any atom is -0.394 e. The van der Waals surface area contributed by atoms with Gasteiger partial charge in [-0.15, -0.1) is 0 Å². The van der Waals surface area contributed by atoms with Gasteiger partial charge in [-0.3, -0.25) is 0 Å². The minimum atomic E-state index is -4.24. The Labute approximate surface area is 80.2 Å². The number of aliphatic hydroxyl groups excluding tert-OH is 1. The first-order valence-corrected chi connectivity index (χ1v) is 4.48. The second kappa shape index (κ2) is 4.46.